The van der Waals surface area contributed by atoms with Gasteiger partial charge in [-0.05, 0) is 18.2 Å². The summed E-state index contributed by atoms with van der Waals surface area (Å²) in [5, 5.41) is 7.69. The van der Waals surface area contributed by atoms with Crippen LogP contribution in [0.1, 0.15) is 0 Å². The zero-order valence-corrected chi connectivity index (χ0v) is 9.55. The van der Waals surface area contributed by atoms with Crippen molar-refractivity contribution in [3.63, 3.8) is 0 Å². The van der Waals surface area contributed by atoms with E-state index >= 15 is 0 Å². The lowest BCUT2D eigenvalue weighted by molar-refractivity contribution is 0.630. The first-order valence-electron chi connectivity index (χ1n) is 5.61. The fourth-order valence-electron chi connectivity index (χ4n) is 2.04. The van der Waals surface area contributed by atoms with E-state index in [1.807, 2.05) is 0 Å². The fraction of sp³-hybridized carbons (Fsp3) is 0. The van der Waals surface area contributed by atoms with E-state index in [0.717, 1.165) is 5.52 Å². The van der Waals surface area contributed by atoms with Crippen LogP contribution in [0.25, 0.3) is 33.6 Å². The lowest BCUT2D eigenvalue weighted by atomic mass is 10.2. The Morgan fingerprint density at radius 1 is 1.21 bits per heavy atom. The van der Waals surface area contributed by atoms with Gasteiger partial charge in [-0.25, -0.2) is 19.3 Å². The molecule has 0 amide bonds. The number of hydrogen-bond donors (Lipinski definition) is 2. The number of rotatable bonds is 1. The van der Waals surface area contributed by atoms with Gasteiger partial charge in [-0.2, -0.15) is 5.10 Å². The van der Waals surface area contributed by atoms with Crippen molar-refractivity contribution < 1.29 is 4.39 Å². The van der Waals surface area contributed by atoms with Gasteiger partial charge in [0.2, 0.25) is 0 Å². The minimum absolute atomic E-state index is 0.314. The van der Waals surface area contributed by atoms with E-state index < -0.39 is 0 Å². The summed E-state index contributed by atoms with van der Waals surface area (Å²) in [4.78, 5) is 15.4. The van der Waals surface area contributed by atoms with Crippen molar-refractivity contribution in [2.24, 2.45) is 0 Å². The van der Waals surface area contributed by atoms with Gasteiger partial charge in [-0.15, -0.1) is 0 Å². The molecule has 3 aromatic heterocycles. The predicted molar refractivity (Wildman–Crippen MR) is 66.7 cm³/mol. The van der Waals surface area contributed by atoms with Gasteiger partial charge in [-0.3, -0.25) is 5.10 Å². The molecule has 0 aliphatic rings. The lowest BCUT2D eigenvalue weighted by Gasteiger charge is -1.92. The second-order valence-electron chi connectivity index (χ2n) is 4.10. The van der Waals surface area contributed by atoms with Crippen LogP contribution >= 0.6 is 0 Å². The summed E-state index contributed by atoms with van der Waals surface area (Å²) < 4.78 is 13.3. The van der Waals surface area contributed by atoms with E-state index in [-0.39, 0.29) is 5.82 Å². The number of H-pyrrole nitrogens is 2. The number of imidazole rings is 1. The summed E-state index contributed by atoms with van der Waals surface area (Å²) in [6.45, 7) is 0. The number of aromatic nitrogens is 6. The van der Waals surface area contributed by atoms with Crippen LogP contribution in [0.3, 0.4) is 0 Å². The third kappa shape index (κ3) is 1.48. The molecule has 0 aliphatic carbocycles. The Morgan fingerprint density at radius 3 is 3.05 bits per heavy atom. The Balaban J connectivity index is 2.00. The number of nitrogens with one attached hydrogen (secondary N) is 2. The molecule has 1 aromatic carbocycles. The van der Waals surface area contributed by atoms with Crippen LogP contribution in [0.5, 0.6) is 0 Å². The summed E-state index contributed by atoms with van der Waals surface area (Å²) in [6.07, 6.45) is 3.05. The predicted octanol–water partition coefficient (Wildman–Crippen LogP) is 2.04. The molecule has 6 nitrogen and oxygen atoms in total. The fourth-order valence-corrected chi connectivity index (χ4v) is 2.04. The molecule has 0 radical (unpaired) electrons. The number of benzene rings is 1. The molecule has 92 valence electrons. The molecule has 2 N–H and O–H groups in total. The van der Waals surface area contributed by atoms with Gasteiger partial charge >= 0.3 is 0 Å². The number of nitrogens with zero attached hydrogens (tertiary/aromatic N) is 4. The molecule has 0 aliphatic heterocycles. The minimum Gasteiger partial charge on any atom is -0.321 e. The van der Waals surface area contributed by atoms with Crippen molar-refractivity contribution in [1.82, 2.24) is 30.1 Å². The van der Waals surface area contributed by atoms with Gasteiger partial charge in [-0.1, -0.05) is 0 Å². The topological polar surface area (TPSA) is 83.1 Å². The van der Waals surface area contributed by atoms with Gasteiger partial charge in [0, 0.05) is 5.39 Å². The van der Waals surface area contributed by atoms with Crippen LogP contribution in [0.15, 0.2) is 30.7 Å². The second-order valence-corrected chi connectivity index (χ2v) is 4.10. The molecule has 4 rings (SSSR count). The Bertz CT molecular complexity index is 860. The number of hydrogen-bond acceptors (Lipinski definition) is 4. The van der Waals surface area contributed by atoms with Gasteiger partial charge in [0.15, 0.2) is 11.5 Å². The van der Waals surface area contributed by atoms with E-state index in [9.17, 15) is 4.39 Å². The van der Waals surface area contributed by atoms with E-state index in [2.05, 4.69) is 30.1 Å². The Hall–Kier alpha value is -2.83. The molecule has 0 bridgehead atoms. The maximum atomic E-state index is 13.3. The van der Waals surface area contributed by atoms with Crippen molar-refractivity contribution in [2.75, 3.05) is 0 Å². The van der Waals surface area contributed by atoms with Crippen LogP contribution in [0.4, 0.5) is 4.39 Å². The lowest BCUT2D eigenvalue weighted by Crippen LogP contribution is -1.82. The molecule has 3 heterocycles. The van der Waals surface area contributed by atoms with E-state index in [1.54, 1.807) is 12.3 Å². The Kier molecular flexibility index (Phi) is 1.91. The molecule has 0 unspecified atom stereocenters. The first kappa shape index (κ1) is 10.1. The third-order valence-corrected chi connectivity index (χ3v) is 2.91. The number of aromatic amines is 2. The molecular formula is C12H7FN6. The summed E-state index contributed by atoms with van der Waals surface area (Å²) in [6, 6.07) is 4.45. The van der Waals surface area contributed by atoms with Crippen LogP contribution < -0.4 is 0 Å². The highest BCUT2D eigenvalue weighted by atomic mass is 19.1. The SMILES string of the molecule is Fc1ccc2[nH]nc(-c3nc4cncnc4[nH]3)c2c1. The molecule has 0 spiro atoms. The highest BCUT2D eigenvalue weighted by Gasteiger charge is 2.13. The summed E-state index contributed by atoms with van der Waals surface area (Å²) in [7, 11) is 0. The zero-order chi connectivity index (χ0) is 12.8. The van der Waals surface area contributed by atoms with Crippen molar-refractivity contribution in [2.45, 2.75) is 0 Å². The largest absolute Gasteiger partial charge is 0.321 e. The second kappa shape index (κ2) is 3.58. The van der Waals surface area contributed by atoms with Crippen LogP contribution in [-0.2, 0) is 0 Å². The Labute approximate surface area is 105 Å². The van der Waals surface area contributed by atoms with E-state index in [0.29, 0.717) is 28.1 Å². The Morgan fingerprint density at radius 2 is 2.16 bits per heavy atom. The molecule has 0 atom stereocenters. The van der Waals surface area contributed by atoms with E-state index in [4.69, 9.17) is 0 Å². The standard InChI is InChI=1S/C12H7FN6/c13-6-1-2-8-7(3-6)10(19-18-8)12-16-9-4-14-5-15-11(9)17-12/h1-5H,(H,18,19)(H,14,15,16,17). The zero-order valence-electron chi connectivity index (χ0n) is 9.55. The maximum absolute atomic E-state index is 13.3. The van der Waals surface area contributed by atoms with Crippen molar-refractivity contribution in [1.29, 1.82) is 0 Å². The van der Waals surface area contributed by atoms with Crippen molar-refractivity contribution in [3.8, 4) is 11.5 Å². The smallest absolute Gasteiger partial charge is 0.161 e. The third-order valence-electron chi connectivity index (χ3n) is 2.91. The minimum atomic E-state index is -0.314. The molecule has 19 heavy (non-hydrogen) atoms. The van der Waals surface area contributed by atoms with Crippen molar-refractivity contribution >= 4 is 22.1 Å². The summed E-state index contributed by atoms with van der Waals surface area (Å²) >= 11 is 0. The molecule has 0 saturated heterocycles. The van der Waals surface area contributed by atoms with Crippen LogP contribution in [0.2, 0.25) is 0 Å². The van der Waals surface area contributed by atoms with Crippen LogP contribution in [-0.4, -0.2) is 30.1 Å². The first-order valence-corrected chi connectivity index (χ1v) is 5.61. The van der Waals surface area contributed by atoms with Gasteiger partial charge in [0.25, 0.3) is 0 Å². The number of fused-ring (bicyclic) bond motifs is 2. The normalized spacial score (nSPS) is 11.4. The van der Waals surface area contributed by atoms with Gasteiger partial charge in [0.05, 0.1) is 11.7 Å². The monoisotopic (exact) mass is 254 g/mol. The molecule has 7 heteroatoms. The molecular weight excluding hydrogens is 247 g/mol. The van der Waals surface area contributed by atoms with Crippen LogP contribution in [0, 0.1) is 5.82 Å². The number of halogens is 1. The summed E-state index contributed by atoms with van der Waals surface area (Å²) in [5.41, 5.74) is 2.58. The van der Waals surface area contributed by atoms with Gasteiger partial charge in [0.1, 0.15) is 23.4 Å². The highest BCUT2D eigenvalue weighted by molar-refractivity contribution is 5.92. The molecule has 4 aromatic rings. The van der Waals surface area contributed by atoms with Crippen molar-refractivity contribution in [3.05, 3.63) is 36.5 Å². The van der Waals surface area contributed by atoms with E-state index in [1.165, 1.54) is 18.5 Å². The average molecular weight is 254 g/mol. The quantitative estimate of drug-likeness (QED) is 0.544. The first-order chi connectivity index (χ1) is 9.31. The highest BCUT2D eigenvalue weighted by Crippen LogP contribution is 2.25. The molecule has 0 saturated carbocycles. The average Bonchev–Trinajstić information content (AvgIpc) is 3.00. The maximum Gasteiger partial charge on any atom is 0.161 e. The van der Waals surface area contributed by atoms with Gasteiger partial charge < -0.3 is 4.98 Å². The summed E-state index contributed by atoms with van der Waals surface area (Å²) in [5.74, 6) is 0.221. The molecule has 0 fully saturated rings.